The van der Waals surface area contributed by atoms with Gasteiger partial charge in [0.05, 0.1) is 48.5 Å². The quantitative estimate of drug-likeness (QED) is 0.659. The summed E-state index contributed by atoms with van der Waals surface area (Å²) >= 11 is 0. The van der Waals surface area contributed by atoms with Gasteiger partial charge in [-0.2, -0.15) is 5.26 Å². The second-order valence-electron chi connectivity index (χ2n) is 7.53. The highest BCUT2D eigenvalue weighted by Gasteiger charge is 2.26. The maximum Gasteiger partial charge on any atom is 0.256 e. The second-order valence-corrected chi connectivity index (χ2v) is 7.53. The van der Waals surface area contributed by atoms with E-state index in [0.717, 1.165) is 0 Å². The van der Waals surface area contributed by atoms with E-state index in [2.05, 4.69) is 25.3 Å². The van der Waals surface area contributed by atoms with Crippen LogP contribution in [0, 0.1) is 17.1 Å². The molecule has 10 heteroatoms. The van der Waals surface area contributed by atoms with E-state index in [4.69, 9.17) is 10.00 Å². The first-order valence-corrected chi connectivity index (χ1v) is 10.3. The first-order chi connectivity index (χ1) is 16.1. The summed E-state index contributed by atoms with van der Waals surface area (Å²) in [5.41, 5.74) is 2.83. The van der Waals surface area contributed by atoms with Gasteiger partial charge >= 0.3 is 0 Å². The number of nitriles is 1. The fourth-order valence-corrected chi connectivity index (χ4v) is 3.74. The van der Waals surface area contributed by atoms with E-state index in [1.807, 2.05) is 6.07 Å². The van der Waals surface area contributed by atoms with Gasteiger partial charge < -0.3 is 15.0 Å². The van der Waals surface area contributed by atoms with Crippen molar-refractivity contribution < 1.29 is 13.9 Å². The minimum absolute atomic E-state index is 0.0363. The van der Waals surface area contributed by atoms with Crippen molar-refractivity contribution in [1.29, 1.82) is 5.26 Å². The predicted octanol–water partition coefficient (Wildman–Crippen LogP) is 2.95. The number of hydrogen-bond donors (Lipinski definition) is 1. The molecular weight excluding hydrogens is 425 g/mol. The van der Waals surface area contributed by atoms with Crippen LogP contribution in [0.5, 0.6) is 0 Å². The molecule has 0 aliphatic carbocycles. The fourth-order valence-electron chi connectivity index (χ4n) is 3.74. The minimum atomic E-state index is -0.582. The number of amides is 1. The average Bonchev–Trinajstić information content (AvgIpc) is 3.28. The predicted molar refractivity (Wildman–Crippen MR) is 117 cm³/mol. The Hall–Kier alpha value is -4.23. The third-order valence-electron chi connectivity index (χ3n) is 5.47. The number of benzene rings is 1. The number of aromatic nitrogens is 3. The number of anilines is 2. The van der Waals surface area contributed by atoms with Crippen LogP contribution in [0.2, 0.25) is 0 Å². The average molecular weight is 443 g/mol. The number of rotatable bonds is 4. The van der Waals surface area contributed by atoms with Crippen LogP contribution in [0.3, 0.4) is 0 Å². The van der Waals surface area contributed by atoms with E-state index < -0.39 is 5.82 Å². The van der Waals surface area contributed by atoms with Gasteiger partial charge in [-0.1, -0.05) is 6.07 Å². The Balaban J connectivity index is 1.37. The summed E-state index contributed by atoms with van der Waals surface area (Å²) in [6.07, 6.45) is 4.79. The molecule has 2 aromatic heterocycles. The van der Waals surface area contributed by atoms with E-state index in [1.165, 1.54) is 18.3 Å². The molecule has 1 atom stereocenters. The van der Waals surface area contributed by atoms with Gasteiger partial charge in [-0.05, 0) is 29.8 Å². The molecule has 2 aliphatic heterocycles. The van der Waals surface area contributed by atoms with Gasteiger partial charge in [0.15, 0.2) is 0 Å². The first-order valence-electron chi connectivity index (χ1n) is 10.3. The van der Waals surface area contributed by atoms with Crippen molar-refractivity contribution in [3.63, 3.8) is 0 Å². The molecule has 0 radical (unpaired) electrons. The molecule has 1 unspecified atom stereocenters. The van der Waals surface area contributed by atoms with E-state index in [0.29, 0.717) is 60.6 Å². The van der Waals surface area contributed by atoms with E-state index in [-0.39, 0.29) is 17.4 Å². The van der Waals surface area contributed by atoms with E-state index in [9.17, 15) is 9.18 Å². The largest absolute Gasteiger partial charge is 0.378 e. The number of halogens is 1. The monoisotopic (exact) mass is 443 g/mol. The number of hydrogen-bond acceptors (Lipinski definition) is 8. The van der Waals surface area contributed by atoms with E-state index in [1.54, 1.807) is 35.5 Å². The molecule has 5 rings (SSSR count). The van der Waals surface area contributed by atoms with Gasteiger partial charge in [0.25, 0.3) is 5.91 Å². The molecule has 33 heavy (non-hydrogen) atoms. The van der Waals surface area contributed by atoms with Crippen LogP contribution in [0.4, 0.5) is 21.7 Å². The topological polar surface area (TPSA) is 116 Å². The van der Waals surface area contributed by atoms with Gasteiger partial charge in [0, 0.05) is 19.3 Å². The van der Waals surface area contributed by atoms with Gasteiger partial charge in [-0.25, -0.2) is 19.3 Å². The highest BCUT2D eigenvalue weighted by molar-refractivity contribution is 5.95. The highest BCUT2D eigenvalue weighted by Crippen LogP contribution is 2.35. The number of fused-ring (bicyclic) bond motifs is 1. The lowest BCUT2D eigenvalue weighted by molar-refractivity contribution is 0.0300. The number of morpholine rings is 1. The third kappa shape index (κ3) is 4.14. The van der Waals surface area contributed by atoms with Crippen molar-refractivity contribution >= 4 is 29.4 Å². The lowest BCUT2D eigenvalue weighted by atomic mass is 9.96. The lowest BCUT2D eigenvalue weighted by Gasteiger charge is -2.27. The molecule has 0 saturated carbocycles. The molecule has 1 fully saturated rings. The Morgan fingerprint density at radius 3 is 2.76 bits per heavy atom. The Kier molecular flexibility index (Phi) is 5.46. The number of carbonyl (C=O) groups excluding carboxylic acids is 1. The zero-order valence-electron chi connectivity index (χ0n) is 17.4. The first kappa shape index (κ1) is 20.7. The molecule has 9 nitrogen and oxygen atoms in total. The molecule has 1 saturated heterocycles. The van der Waals surface area contributed by atoms with Crippen molar-refractivity contribution in [2.45, 2.75) is 5.92 Å². The summed E-state index contributed by atoms with van der Waals surface area (Å²) in [4.78, 5) is 31.4. The maximum atomic E-state index is 14.9. The standard InChI is InChI=1S/C23H18FN7O2/c24-19-9-14(1-4-17(19)22(32)31-5-7-33-8-6-31)18-12-27-20-13-28-23(30-21(18)20)29-16-3-2-15(10-25)26-11-16/h1-4,9,11-13,18H,5-8H2,(H,28,29,30). The van der Waals surface area contributed by atoms with Gasteiger partial charge in [-0.3, -0.25) is 9.79 Å². The maximum absolute atomic E-state index is 14.9. The van der Waals surface area contributed by atoms with Crippen LogP contribution in [0.15, 0.2) is 47.7 Å². The molecule has 4 heterocycles. The molecule has 0 bridgehead atoms. The summed E-state index contributed by atoms with van der Waals surface area (Å²) in [5.74, 6) is -0.963. The number of nitrogens with zero attached hydrogens (tertiary/aromatic N) is 6. The molecular formula is C23H18FN7O2. The lowest BCUT2D eigenvalue weighted by Crippen LogP contribution is -2.41. The molecule has 1 N–H and O–H groups in total. The molecule has 164 valence electrons. The summed E-state index contributed by atoms with van der Waals surface area (Å²) in [5, 5.41) is 11.9. The van der Waals surface area contributed by atoms with Crippen LogP contribution < -0.4 is 5.32 Å². The van der Waals surface area contributed by atoms with Crippen LogP contribution in [0.1, 0.15) is 33.2 Å². The zero-order valence-corrected chi connectivity index (χ0v) is 17.4. The summed E-state index contributed by atoms with van der Waals surface area (Å²) in [7, 11) is 0. The summed E-state index contributed by atoms with van der Waals surface area (Å²) in [6, 6.07) is 9.85. The number of pyridine rings is 1. The van der Waals surface area contributed by atoms with Crippen LogP contribution >= 0.6 is 0 Å². The Morgan fingerprint density at radius 1 is 1.18 bits per heavy atom. The van der Waals surface area contributed by atoms with Gasteiger partial charge in [0.2, 0.25) is 5.95 Å². The number of carbonyl (C=O) groups is 1. The van der Waals surface area contributed by atoms with Crippen molar-refractivity contribution in [2.75, 3.05) is 31.6 Å². The van der Waals surface area contributed by atoms with E-state index >= 15 is 0 Å². The normalized spacial score (nSPS) is 16.8. The summed E-state index contributed by atoms with van der Waals surface area (Å²) in [6.45, 7) is 1.80. The molecule has 2 aliphatic rings. The number of aliphatic imine (C=N–C) groups is 1. The SMILES string of the molecule is N#Cc1ccc(Nc2ncc3c(n2)C(c2ccc(C(=O)N4CCOCC4)c(F)c2)C=N3)cn1. The van der Waals surface area contributed by atoms with Crippen molar-refractivity contribution in [1.82, 2.24) is 19.9 Å². The minimum Gasteiger partial charge on any atom is -0.378 e. The van der Waals surface area contributed by atoms with Crippen molar-refractivity contribution in [2.24, 2.45) is 4.99 Å². The number of ether oxygens (including phenoxy) is 1. The smallest absolute Gasteiger partial charge is 0.256 e. The third-order valence-corrected chi connectivity index (χ3v) is 5.47. The molecule has 0 spiro atoms. The van der Waals surface area contributed by atoms with Crippen LogP contribution in [-0.2, 0) is 4.74 Å². The summed E-state index contributed by atoms with van der Waals surface area (Å²) < 4.78 is 20.2. The second kappa shape index (κ2) is 8.72. The van der Waals surface area contributed by atoms with Crippen molar-refractivity contribution in [3.8, 4) is 6.07 Å². The Bertz CT molecular complexity index is 1280. The number of nitrogens with one attached hydrogen (secondary N) is 1. The van der Waals surface area contributed by atoms with Crippen molar-refractivity contribution in [3.05, 3.63) is 71.1 Å². The Morgan fingerprint density at radius 2 is 2.03 bits per heavy atom. The molecule has 1 amide bonds. The molecule has 3 aromatic rings. The van der Waals surface area contributed by atoms with Crippen LogP contribution in [-0.4, -0.2) is 58.3 Å². The molecule has 1 aromatic carbocycles. The van der Waals surface area contributed by atoms with Gasteiger partial charge in [0.1, 0.15) is 23.3 Å². The van der Waals surface area contributed by atoms with Crippen LogP contribution in [0.25, 0.3) is 0 Å². The fraction of sp³-hybridized carbons (Fsp3) is 0.217. The highest BCUT2D eigenvalue weighted by atomic mass is 19.1. The van der Waals surface area contributed by atoms with Gasteiger partial charge in [-0.15, -0.1) is 0 Å². The Labute approximate surface area is 188 Å². The zero-order chi connectivity index (χ0) is 22.8.